The number of fused-ring (bicyclic) bond motifs is 1. The number of imidazole rings is 1. The van der Waals surface area contributed by atoms with Crippen molar-refractivity contribution in [1.82, 2.24) is 24.4 Å². The number of likely N-dealkylation sites (tertiary alicyclic amines) is 1. The van der Waals surface area contributed by atoms with Crippen molar-refractivity contribution in [2.45, 2.75) is 126 Å². The lowest BCUT2D eigenvalue weighted by molar-refractivity contribution is -0.0980. The maximum absolute atomic E-state index is 10.7. The fourth-order valence-corrected chi connectivity index (χ4v) is 4.87. The predicted octanol–water partition coefficient (Wildman–Crippen LogP) is 9.82. The fourth-order valence-electron chi connectivity index (χ4n) is 4.87. The molecule has 0 bridgehead atoms. The highest BCUT2D eigenvalue weighted by atomic mass is 19.1. The van der Waals surface area contributed by atoms with E-state index in [9.17, 15) is 8.78 Å². The van der Waals surface area contributed by atoms with Crippen LogP contribution in [0, 0.1) is 18.8 Å². The standard InChI is InChI=1S/C22H36N6.C5H11N.C3H4F2.2C2H6.C2H2.CH2O/c1-6-8-17(5)28-20-19(26-22(28)24-13-15(3)7-2)14-23-21(27-20)25-18-11-9-16(4)10-12-18;1-6-4-2-3-5-6;4-2-1-3-5;4*1-2/h7,14,16-18H,6,8-13H2,1-5H3,(H,24,26)(H,23,25,27);2-5H2,1H3;1-2H,3H2;2*1-2H3;1-2H;1H2/b15-7-;;2-1+;;;;. The highest BCUT2D eigenvalue weighted by Gasteiger charge is 2.21. The SMILES string of the molecule is C#C.C/C=C(/C)CNc1nc2cnc(NC3CCC(C)CC3)nc2n1C(C)CCC.C=O.CC.CC.CN1CCCC1.F/C=C/CF. The van der Waals surface area contributed by atoms with Crippen molar-refractivity contribution in [2.24, 2.45) is 5.92 Å². The summed E-state index contributed by atoms with van der Waals surface area (Å²) in [5.41, 5.74) is 3.07. The van der Waals surface area contributed by atoms with Crippen LogP contribution >= 0.6 is 0 Å². The number of terminal acetylenes is 1. The van der Waals surface area contributed by atoms with E-state index in [4.69, 9.17) is 14.8 Å². The van der Waals surface area contributed by atoms with Gasteiger partial charge < -0.3 is 20.3 Å². The minimum atomic E-state index is -0.712. The molecule has 1 aliphatic carbocycles. The number of carbonyl (C=O) groups excluding carboxylic acids is 1. The number of hydrogen-bond donors (Lipinski definition) is 2. The van der Waals surface area contributed by atoms with Crippen molar-refractivity contribution in [1.29, 1.82) is 0 Å². The molecule has 1 aliphatic heterocycles. The highest BCUT2D eigenvalue weighted by Crippen LogP contribution is 2.28. The van der Waals surface area contributed by atoms with E-state index in [1.54, 1.807) is 0 Å². The second kappa shape index (κ2) is 32.6. The lowest BCUT2D eigenvalue weighted by atomic mass is 9.87. The number of rotatable bonds is 9. The van der Waals surface area contributed by atoms with Crippen molar-refractivity contribution in [3.05, 3.63) is 30.3 Å². The van der Waals surface area contributed by atoms with Gasteiger partial charge >= 0.3 is 0 Å². The molecule has 0 amide bonds. The van der Waals surface area contributed by atoms with E-state index in [0.29, 0.717) is 12.1 Å². The third-order valence-electron chi connectivity index (χ3n) is 7.46. The number of nitrogens with zero attached hydrogens (tertiary/aromatic N) is 5. The van der Waals surface area contributed by atoms with Crippen LogP contribution in [0.4, 0.5) is 20.7 Å². The van der Waals surface area contributed by atoms with Gasteiger partial charge in [-0.1, -0.05) is 59.6 Å². The Morgan fingerprint density at radius 3 is 2.11 bits per heavy atom. The van der Waals surface area contributed by atoms with Gasteiger partial charge in [-0.3, -0.25) is 4.57 Å². The minimum Gasteiger partial charge on any atom is -0.352 e. The molecule has 2 aromatic heterocycles. The minimum absolute atomic E-state index is 0.181. The summed E-state index contributed by atoms with van der Waals surface area (Å²) >= 11 is 0. The van der Waals surface area contributed by atoms with E-state index in [0.717, 1.165) is 54.4 Å². The first kappa shape index (κ1) is 48.1. The third kappa shape index (κ3) is 20.5. The molecule has 1 saturated heterocycles. The van der Waals surface area contributed by atoms with Gasteiger partial charge in [0.1, 0.15) is 19.0 Å². The van der Waals surface area contributed by atoms with Crippen LogP contribution in [-0.2, 0) is 4.79 Å². The van der Waals surface area contributed by atoms with Crippen LogP contribution in [0.1, 0.15) is 120 Å². The predicted molar refractivity (Wildman–Crippen MR) is 201 cm³/mol. The van der Waals surface area contributed by atoms with E-state index in [1.807, 2.05) is 40.7 Å². The van der Waals surface area contributed by atoms with Crippen molar-refractivity contribution in [2.75, 3.05) is 44.0 Å². The molecule has 1 unspecified atom stereocenters. The average Bonchev–Trinajstić information content (AvgIpc) is 3.75. The molecule has 2 fully saturated rings. The van der Waals surface area contributed by atoms with Gasteiger partial charge in [0.15, 0.2) is 5.65 Å². The zero-order chi connectivity index (χ0) is 36.6. The number of alkyl halides is 1. The van der Waals surface area contributed by atoms with Gasteiger partial charge in [0.05, 0.1) is 12.5 Å². The summed E-state index contributed by atoms with van der Waals surface area (Å²) in [4.78, 5) is 24.6. The molecule has 0 spiro atoms. The largest absolute Gasteiger partial charge is 0.352 e. The Bertz CT molecular complexity index is 1070. The van der Waals surface area contributed by atoms with E-state index < -0.39 is 6.67 Å². The number of anilines is 2. The van der Waals surface area contributed by atoms with Gasteiger partial charge in [-0.25, -0.2) is 18.7 Å². The van der Waals surface area contributed by atoms with Crippen LogP contribution in [0.5, 0.6) is 0 Å². The Morgan fingerprint density at radius 1 is 1.11 bits per heavy atom. The van der Waals surface area contributed by atoms with Crippen LogP contribution in [0.25, 0.3) is 11.2 Å². The Balaban J connectivity index is -0.000000840. The lowest BCUT2D eigenvalue weighted by Gasteiger charge is -2.26. The van der Waals surface area contributed by atoms with Gasteiger partial charge in [0, 0.05) is 18.6 Å². The summed E-state index contributed by atoms with van der Waals surface area (Å²) < 4.78 is 23.5. The van der Waals surface area contributed by atoms with Crippen LogP contribution < -0.4 is 10.6 Å². The van der Waals surface area contributed by atoms with Crippen molar-refractivity contribution < 1.29 is 13.6 Å². The van der Waals surface area contributed by atoms with Crippen LogP contribution in [0.3, 0.4) is 0 Å². The first-order chi connectivity index (χ1) is 22.8. The van der Waals surface area contributed by atoms with Gasteiger partial charge in [0.25, 0.3) is 0 Å². The smallest absolute Gasteiger partial charge is 0.224 e. The maximum atomic E-state index is 10.7. The molecule has 2 aliphatic rings. The molecule has 1 atom stereocenters. The maximum Gasteiger partial charge on any atom is 0.224 e. The fraction of sp³-hybridized carbons (Fsp3) is 0.676. The van der Waals surface area contributed by atoms with E-state index in [1.165, 1.54) is 57.2 Å². The molecule has 0 aromatic carbocycles. The molecule has 0 radical (unpaired) electrons. The van der Waals surface area contributed by atoms with Gasteiger partial charge in [-0.15, -0.1) is 12.8 Å². The number of halogens is 2. The van der Waals surface area contributed by atoms with Crippen molar-refractivity contribution >= 4 is 29.8 Å². The third-order valence-corrected chi connectivity index (χ3v) is 7.46. The quantitative estimate of drug-likeness (QED) is 0.204. The molecule has 1 saturated carbocycles. The van der Waals surface area contributed by atoms with Crippen molar-refractivity contribution in [3.8, 4) is 12.8 Å². The molecule has 270 valence electrons. The number of hydrogen-bond acceptors (Lipinski definition) is 7. The molecule has 47 heavy (non-hydrogen) atoms. The number of carbonyl (C=O) groups is 1. The zero-order valence-electron chi connectivity index (χ0n) is 31.3. The number of aromatic nitrogens is 4. The molecule has 8 nitrogen and oxygen atoms in total. The van der Waals surface area contributed by atoms with Gasteiger partial charge in [0.2, 0.25) is 11.9 Å². The number of allylic oxidation sites excluding steroid dienone is 2. The van der Waals surface area contributed by atoms with E-state index in [-0.39, 0.29) is 6.33 Å². The van der Waals surface area contributed by atoms with E-state index >= 15 is 0 Å². The van der Waals surface area contributed by atoms with E-state index in [2.05, 4.69) is 85.7 Å². The summed E-state index contributed by atoms with van der Waals surface area (Å²) in [6, 6.07) is 0.815. The zero-order valence-corrected chi connectivity index (χ0v) is 31.3. The summed E-state index contributed by atoms with van der Waals surface area (Å²) in [5.74, 6) is 2.45. The summed E-state index contributed by atoms with van der Waals surface area (Å²) in [5, 5.41) is 7.06. The molecule has 4 rings (SSSR count). The molecule has 2 N–H and O–H groups in total. The number of nitrogens with one attached hydrogen (secondary N) is 2. The summed E-state index contributed by atoms with van der Waals surface area (Å²) in [7, 11) is 2.17. The first-order valence-corrected chi connectivity index (χ1v) is 17.3. The molecule has 10 heteroatoms. The molecular weight excluding hydrogens is 596 g/mol. The Hall–Kier alpha value is -3.32. The normalized spacial score (nSPS) is 17.6. The Morgan fingerprint density at radius 2 is 1.68 bits per heavy atom. The van der Waals surface area contributed by atoms with Crippen LogP contribution in [0.15, 0.2) is 30.3 Å². The second-order valence-electron chi connectivity index (χ2n) is 11.0. The molecular formula is C37H67F2N7O. The Kier molecular flexibility index (Phi) is 33.4. The van der Waals surface area contributed by atoms with Gasteiger partial charge in [-0.05, 0) is 97.8 Å². The van der Waals surface area contributed by atoms with Crippen LogP contribution in [0.2, 0.25) is 0 Å². The monoisotopic (exact) mass is 664 g/mol. The Labute approximate surface area is 286 Å². The van der Waals surface area contributed by atoms with Crippen molar-refractivity contribution in [3.63, 3.8) is 0 Å². The summed E-state index contributed by atoms with van der Waals surface area (Å²) in [6.45, 7) is 23.7. The average molecular weight is 664 g/mol. The van der Waals surface area contributed by atoms with Gasteiger partial charge in [-0.2, -0.15) is 4.98 Å². The van der Waals surface area contributed by atoms with Crippen LogP contribution in [-0.4, -0.2) is 70.6 Å². The first-order valence-electron chi connectivity index (χ1n) is 17.3. The lowest BCUT2D eigenvalue weighted by Crippen LogP contribution is -2.26. The molecule has 2 aromatic rings. The highest BCUT2D eigenvalue weighted by molar-refractivity contribution is 5.75. The topological polar surface area (TPSA) is 88.0 Å². The molecule has 3 heterocycles. The second-order valence-corrected chi connectivity index (χ2v) is 11.0. The summed E-state index contributed by atoms with van der Waals surface area (Å²) in [6.07, 6.45) is 23.0.